The lowest BCUT2D eigenvalue weighted by atomic mass is 10.0. The molecule has 0 bridgehead atoms. The summed E-state index contributed by atoms with van der Waals surface area (Å²) in [4.78, 5) is 32.6. The summed E-state index contributed by atoms with van der Waals surface area (Å²) in [6.07, 6.45) is 5.24. The van der Waals surface area contributed by atoms with Crippen LogP contribution in [0.1, 0.15) is 32.3 Å². The highest BCUT2D eigenvalue weighted by Crippen LogP contribution is 2.14. The number of pyridine rings is 1. The zero-order valence-corrected chi connectivity index (χ0v) is 16.0. The lowest BCUT2D eigenvalue weighted by Gasteiger charge is -2.35. The first-order valence-corrected chi connectivity index (χ1v) is 9.23. The Labute approximate surface area is 155 Å². The summed E-state index contributed by atoms with van der Waals surface area (Å²) in [6.45, 7) is 6.65. The summed E-state index contributed by atoms with van der Waals surface area (Å²) in [5.74, 6) is 0.131. The Morgan fingerprint density at radius 2 is 2.12 bits per heavy atom. The fraction of sp³-hybridized carbons (Fsp3) is 0.632. The molecule has 0 radical (unpaired) electrons. The first-order chi connectivity index (χ1) is 12.5. The number of carbonyl (C=O) groups excluding carboxylic acids is 2. The van der Waals surface area contributed by atoms with Crippen molar-refractivity contribution in [3.05, 3.63) is 30.1 Å². The number of piperidine rings is 1. The number of hydrogen-bond donors (Lipinski definition) is 1. The highest BCUT2D eigenvalue weighted by atomic mass is 16.5. The average molecular weight is 362 g/mol. The van der Waals surface area contributed by atoms with Crippen molar-refractivity contribution in [2.24, 2.45) is 5.92 Å². The van der Waals surface area contributed by atoms with Crippen LogP contribution in [0, 0.1) is 5.92 Å². The van der Waals surface area contributed by atoms with E-state index in [1.165, 1.54) is 0 Å². The summed E-state index contributed by atoms with van der Waals surface area (Å²) >= 11 is 0. The quantitative estimate of drug-likeness (QED) is 0.804. The molecule has 144 valence electrons. The molecule has 1 aliphatic heterocycles. The van der Waals surface area contributed by atoms with E-state index in [0.717, 1.165) is 24.9 Å². The second-order valence-corrected chi connectivity index (χ2v) is 7.00. The molecule has 26 heavy (non-hydrogen) atoms. The van der Waals surface area contributed by atoms with Crippen molar-refractivity contribution in [1.82, 2.24) is 20.1 Å². The molecule has 3 amide bonds. The number of nitrogens with one attached hydrogen (secondary N) is 1. The number of amides is 3. The number of likely N-dealkylation sites (tertiary alicyclic amines) is 1. The third-order valence-corrected chi connectivity index (χ3v) is 4.53. The van der Waals surface area contributed by atoms with Gasteiger partial charge in [0.05, 0.1) is 6.61 Å². The standard InChI is InChI=1S/C19H30N4O3/c1-15(2)18(24)22-10-4-5-17(14-22)21-19(25)23(11-12-26-3)13-16-6-8-20-9-7-16/h6-9,15,17H,4-5,10-14H2,1-3H3,(H,21,25). The molecule has 0 aromatic carbocycles. The van der Waals surface area contributed by atoms with Gasteiger partial charge in [-0.05, 0) is 30.5 Å². The maximum atomic E-state index is 12.8. The molecule has 7 heteroatoms. The van der Waals surface area contributed by atoms with Gasteiger partial charge in [0.2, 0.25) is 5.91 Å². The molecule has 1 atom stereocenters. The lowest BCUT2D eigenvalue weighted by Crippen LogP contribution is -2.53. The van der Waals surface area contributed by atoms with Gasteiger partial charge in [-0.25, -0.2) is 4.79 Å². The molecule has 7 nitrogen and oxygen atoms in total. The zero-order chi connectivity index (χ0) is 18.9. The SMILES string of the molecule is COCCN(Cc1ccncc1)C(=O)NC1CCCN(C(=O)C(C)C)C1. The van der Waals surface area contributed by atoms with Gasteiger partial charge in [0, 0.05) is 57.6 Å². The molecular formula is C19H30N4O3. The van der Waals surface area contributed by atoms with E-state index in [1.807, 2.05) is 30.9 Å². The van der Waals surface area contributed by atoms with E-state index in [0.29, 0.717) is 26.2 Å². The number of ether oxygens (including phenoxy) is 1. The van der Waals surface area contributed by atoms with Gasteiger partial charge in [-0.2, -0.15) is 0 Å². The van der Waals surface area contributed by atoms with Crippen molar-refractivity contribution in [3.63, 3.8) is 0 Å². The van der Waals surface area contributed by atoms with Crippen LogP contribution in [0.4, 0.5) is 4.79 Å². The summed E-state index contributed by atoms with van der Waals surface area (Å²) in [6, 6.07) is 3.66. The summed E-state index contributed by atoms with van der Waals surface area (Å²) in [7, 11) is 1.62. The molecule has 1 aromatic rings. The number of carbonyl (C=O) groups is 2. The van der Waals surface area contributed by atoms with E-state index in [1.54, 1.807) is 24.4 Å². The molecule has 1 aromatic heterocycles. The van der Waals surface area contributed by atoms with E-state index in [-0.39, 0.29) is 23.9 Å². The minimum Gasteiger partial charge on any atom is -0.383 e. The monoisotopic (exact) mass is 362 g/mol. The predicted molar refractivity (Wildman–Crippen MR) is 99.5 cm³/mol. The molecule has 0 saturated carbocycles. The minimum atomic E-state index is -0.122. The maximum Gasteiger partial charge on any atom is 0.318 e. The van der Waals surface area contributed by atoms with Crippen molar-refractivity contribution in [1.29, 1.82) is 0 Å². The number of methoxy groups -OCH3 is 1. The largest absolute Gasteiger partial charge is 0.383 e. The van der Waals surface area contributed by atoms with Gasteiger partial charge in [0.25, 0.3) is 0 Å². The van der Waals surface area contributed by atoms with E-state index < -0.39 is 0 Å². The van der Waals surface area contributed by atoms with Gasteiger partial charge in [0.1, 0.15) is 0 Å². The second kappa shape index (κ2) is 10.1. The van der Waals surface area contributed by atoms with Crippen LogP contribution in [-0.2, 0) is 16.1 Å². The molecule has 1 saturated heterocycles. The van der Waals surface area contributed by atoms with Crippen molar-refractivity contribution in [2.75, 3.05) is 33.4 Å². The van der Waals surface area contributed by atoms with Crippen LogP contribution in [0.2, 0.25) is 0 Å². The van der Waals surface area contributed by atoms with Gasteiger partial charge in [0.15, 0.2) is 0 Å². The molecular weight excluding hydrogens is 332 g/mol. The van der Waals surface area contributed by atoms with Crippen LogP contribution >= 0.6 is 0 Å². The summed E-state index contributed by atoms with van der Waals surface area (Å²) in [5.41, 5.74) is 1.02. The third kappa shape index (κ3) is 5.98. The van der Waals surface area contributed by atoms with E-state index in [4.69, 9.17) is 4.74 Å². The smallest absolute Gasteiger partial charge is 0.318 e. The normalized spacial score (nSPS) is 17.2. The second-order valence-electron chi connectivity index (χ2n) is 7.00. The number of hydrogen-bond acceptors (Lipinski definition) is 4. The van der Waals surface area contributed by atoms with Gasteiger partial charge in [-0.3, -0.25) is 9.78 Å². The zero-order valence-electron chi connectivity index (χ0n) is 16.0. The Morgan fingerprint density at radius 3 is 2.77 bits per heavy atom. The molecule has 1 aliphatic rings. The van der Waals surface area contributed by atoms with Crippen LogP contribution in [0.25, 0.3) is 0 Å². The lowest BCUT2D eigenvalue weighted by molar-refractivity contribution is -0.135. The first-order valence-electron chi connectivity index (χ1n) is 9.23. The van der Waals surface area contributed by atoms with Gasteiger partial charge >= 0.3 is 6.03 Å². The molecule has 0 aliphatic carbocycles. The Balaban J connectivity index is 1.95. The van der Waals surface area contributed by atoms with Crippen molar-refractivity contribution in [2.45, 2.75) is 39.3 Å². The van der Waals surface area contributed by atoms with Crippen molar-refractivity contribution >= 4 is 11.9 Å². The Bertz CT molecular complexity index is 579. The molecule has 1 fully saturated rings. The number of nitrogens with zero attached hydrogens (tertiary/aromatic N) is 3. The first kappa shape index (κ1) is 20.2. The topological polar surface area (TPSA) is 74.8 Å². The van der Waals surface area contributed by atoms with Crippen molar-refractivity contribution < 1.29 is 14.3 Å². The number of aromatic nitrogens is 1. The fourth-order valence-electron chi connectivity index (χ4n) is 3.09. The molecule has 2 rings (SSSR count). The predicted octanol–water partition coefficient (Wildman–Crippen LogP) is 1.89. The highest BCUT2D eigenvalue weighted by Gasteiger charge is 2.27. The van der Waals surface area contributed by atoms with Crippen LogP contribution < -0.4 is 5.32 Å². The molecule has 1 unspecified atom stereocenters. The van der Waals surface area contributed by atoms with Crippen LogP contribution in [0.3, 0.4) is 0 Å². The minimum absolute atomic E-state index is 0.0126. The van der Waals surface area contributed by atoms with Crippen LogP contribution in [0.5, 0.6) is 0 Å². The Kier molecular flexibility index (Phi) is 7.84. The molecule has 1 N–H and O–H groups in total. The molecule has 0 spiro atoms. The number of rotatable bonds is 7. The van der Waals surface area contributed by atoms with Crippen LogP contribution in [-0.4, -0.2) is 66.1 Å². The third-order valence-electron chi connectivity index (χ3n) is 4.53. The Morgan fingerprint density at radius 1 is 1.38 bits per heavy atom. The summed E-state index contributed by atoms with van der Waals surface area (Å²) in [5, 5.41) is 3.09. The van der Waals surface area contributed by atoms with Gasteiger partial charge < -0.3 is 19.9 Å². The fourth-order valence-corrected chi connectivity index (χ4v) is 3.09. The van der Waals surface area contributed by atoms with Crippen molar-refractivity contribution in [3.8, 4) is 0 Å². The molecule has 2 heterocycles. The van der Waals surface area contributed by atoms with E-state index >= 15 is 0 Å². The van der Waals surface area contributed by atoms with Gasteiger partial charge in [-0.15, -0.1) is 0 Å². The van der Waals surface area contributed by atoms with Crippen LogP contribution in [0.15, 0.2) is 24.5 Å². The Hall–Kier alpha value is -2.15. The summed E-state index contributed by atoms with van der Waals surface area (Å²) < 4.78 is 5.14. The van der Waals surface area contributed by atoms with E-state index in [9.17, 15) is 9.59 Å². The van der Waals surface area contributed by atoms with E-state index in [2.05, 4.69) is 10.3 Å². The number of urea groups is 1. The average Bonchev–Trinajstić information content (AvgIpc) is 2.65. The highest BCUT2D eigenvalue weighted by molar-refractivity contribution is 5.78. The van der Waals surface area contributed by atoms with Gasteiger partial charge in [-0.1, -0.05) is 13.8 Å². The maximum absolute atomic E-state index is 12.8.